The Morgan fingerprint density at radius 2 is 1.87 bits per heavy atom. The molecule has 1 amide bonds. The zero-order chi connectivity index (χ0) is 21.1. The zero-order valence-electron chi connectivity index (χ0n) is 17.1. The molecule has 0 aliphatic carbocycles. The van der Waals surface area contributed by atoms with Crippen LogP contribution in [-0.4, -0.2) is 20.7 Å². The molecule has 2 aromatic heterocycles. The van der Waals surface area contributed by atoms with Gasteiger partial charge in [-0.1, -0.05) is 67.1 Å². The van der Waals surface area contributed by atoms with E-state index in [9.17, 15) is 4.79 Å². The summed E-state index contributed by atoms with van der Waals surface area (Å²) in [7, 11) is 0. The van der Waals surface area contributed by atoms with Crippen LogP contribution in [0.15, 0.2) is 66.2 Å². The Bertz CT molecular complexity index is 1150. The van der Waals surface area contributed by atoms with Gasteiger partial charge < -0.3 is 5.73 Å². The molecule has 0 radical (unpaired) electrons. The number of benzene rings is 2. The molecule has 2 aromatic carbocycles. The number of nitrogens with two attached hydrogens (primary N) is 1. The molecule has 4 rings (SSSR count). The molecule has 4 aromatic rings. The van der Waals surface area contributed by atoms with Gasteiger partial charge in [-0.2, -0.15) is 5.10 Å². The number of hydrogen-bond acceptors (Lipinski definition) is 4. The minimum absolute atomic E-state index is 0.121. The largest absolute Gasteiger partial charge is 0.370 e. The number of thiazole rings is 1. The smallest absolute Gasteiger partial charge is 0.218 e. The minimum atomic E-state index is -0.324. The van der Waals surface area contributed by atoms with Gasteiger partial charge in [-0.25, -0.2) is 9.67 Å². The van der Waals surface area contributed by atoms with Crippen LogP contribution in [0.1, 0.15) is 41.6 Å². The Morgan fingerprint density at radius 3 is 2.53 bits per heavy atom. The van der Waals surface area contributed by atoms with E-state index in [1.807, 2.05) is 41.2 Å². The molecule has 1 atom stereocenters. The van der Waals surface area contributed by atoms with E-state index in [2.05, 4.69) is 48.6 Å². The summed E-state index contributed by atoms with van der Waals surface area (Å²) >= 11 is 1.56. The van der Waals surface area contributed by atoms with Crippen LogP contribution < -0.4 is 5.73 Å². The van der Waals surface area contributed by atoms with Crippen LogP contribution in [0.4, 0.5) is 0 Å². The number of amides is 1. The summed E-state index contributed by atoms with van der Waals surface area (Å²) in [5.74, 6) is -0.446. The molecule has 0 spiro atoms. The van der Waals surface area contributed by atoms with E-state index < -0.39 is 0 Å². The lowest BCUT2D eigenvalue weighted by molar-refractivity contribution is -0.118. The van der Waals surface area contributed by atoms with Crippen molar-refractivity contribution in [3.05, 3.63) is 88.6 Å². The molecule has 2 N–H and O–H groups in total. The third-order valence-corrected chi connectivity index (χ3v) is 6.06. The topological polar surface area (TPSA) is 73.8 Å². The first-order valence-electron chi connectivity index (χ1n) is 9.99. The van der Waals surface area contributed by atoms with Crippen molar-refractivity contribution < 1.29 is 4.79 Å². The number of hydrogen-bond donors (Lipinski definition) is 1. The van der Waals surface area contributed by atoms with Crippen molar-refractivity contribution in [1.29, 1.82) is 0 Å². The first-order chi connectivity index (χ1) is 14.6. The van der Waals surface area contributed by atoms with Gasteiger partial charge in [0.05, 0.1) is 17.6 Å². The van der Waals surface area contributed by atoms with Crippen molar-refractivity contribution in [1.82, 2.24) is 14.8 Å². The third-order valence-electron chi connectivity index (χ3n) is 5.24. The van der Waals surface area contributed by atoms with Crippen LogP contribution in [0, 0.1) is 6.92 Å². The molecule has 0 bridgehead atoms. The van der Waals surface area contributed by atoms with Gasteiger partial charge in [0.1, 0.15) is 0 Å². The molecule has 0 fully saturated rings. The van der Waals surface area contributed by atoms with E-state index in [-0.39, 0.29) is 18.2 Å². The molecule has 0 saturated heterocycles. The van der Waals surface area contributed by atoms with Crippen molar-refractivity contribution in [2.75, 3.05) is 0 Å². The Kier molecular flexibility index (Phi) is 5.77. The van der Waals surface area contributed by atoms with Crippen molar-refractivity contribution in [2.45, 2.75) is 32.6 Å². The summed E-state index contributed by atoms with van der Waals surface area (Å²) in [5, 5.41) is 7.52. The Balaban J connectivity index is 1.73. The molecule has 5 nitrogen and oxygen atoms in total. The van der Waals surface area contributed by atoms with Crippen LogP contribution in [0.25, 0.3) is 16.4 Å². The highest BCUT2D eigenvalue weighted by atomic mass is 32.1. The molecule has 152 valence electrons. The van der Waals surface area contributed by atoms with E-state index in [1.165, 1.54) is 5.56 Å². The maximum Gasteiger partial charge on any atom is 0.218 e. The second-order valence-corrected chi connectivity index (χ2v) is 8.16. The van der Waals surface area contributed by atoms with Gasteiger partial charge in [0.15, 0.2) is 0 Å². The summed E-state index contributed by atoms with van der Waals surface area (Å²) in [5.41, 5.74) is 12.0. The predicted molar refractivity (Wildman–Crippen MR) is 121 cm³/mol. The highest BCUT2D eigenvalue weighted by Crippen LogP contribution is 2.33. The fourth-order valence-corrected chi connectivity index (χ4v) is 4.52. The first-order valence-corrected chi connectivity index (χ1v) is 10.9. The lowest BCUT2D eigenvalue weighted by Crippen LogP contribution is -2.17. The minimum Gasteiger partial charge on any atom is -0.370 e. The molecule has 6 heteroatoms. The number of nitrogens with zero attached hydrogens (tertiary/aromatic N) is 3. The lowest BCUT2D eigenvalue weighted by Gasteiger charge is -2.16. The number of rotatable bonds is 7. The summed E-state index contributed by atoms with van der Waals surface area (Å²) in [6.07, 6.45) is 2.87. The van der Waals surface area contributed by atoms with Gasteiger partial charge in [0, 0.05) is 28.8 Å². The lowest BCUT2D eigenvalue weighted by atomic mass is 9.88. The predicted octanol–water partition coefficient (Wildman–Crippen LogP) is 4.87. The van der Waals surface area contributed by atoms with Gasteiger partial charge in [-0.3, -0.25) is 4.79 Å². The van der Waals surface area contributed by atoms with Crippen molar-refractivity contribution in [3.8, 4) is 16.4 Å². The van der Waals surface area contributed by atoms with Gasteiger partial charge in [0.2, 0.25) is 11.0 Å². The summed E-state index contributed by atoms with van der Waals surface area (Å²) < 4.78 is 1.90. The number of aryl methyl sites for hydroxylation is 1. The van der Waals surface area contributed by atoms with Crippen LogP contribution in [-0.2, 0) is 11.2 Å². The number of carbonyl (C=O) groups is 1. The van der Waals surface area contributed by atoms with Crippen molar-refractivity contribution >= 4 is 17.2 Å². The Morgan fingerprint density at radius 1 is 1.13 bits per heavy atom. The van der Waals surface area contributed by atoms with Gasteiger partial charge in [-0.05, 0) is 18.9 Å². The molecule has 0 aliphatic rings. The number of primary amides is 1. The molecule has 2 heterocycles. The quantitative estimate of drug-likeness (QED) is 0.467. The Hall–Kier alpha value is -3.25. The van der Waals surface area contributed by atoms with E-state index in [4.69, 9.17) is 10.7 Å². The second-order valence-electron chi connectivity index (χ2n) is 7.33. The highest BCUT2D eigenvalue weighted by molar-refractivity contribution is 7.12. The highest BCUT2D eigenvalue weighted by Gasteiger charge is 2.24. The van der Waals surface area contributed by atoms with Crippen LogP contribution >= 0.6 is 11.3 Å². The van der Waals surface area contributed by atoms with Crippen LogP contribution in [0.3, 0.4) is 0 Å². The standard InChI is InChI=1S/C24H24N4OS/c1-3-22-20(19(13-23(25)29)17-7-5-4-6-8-17)14-26-28(22)24-27-21(15-30-24)18-11-9-16(2)10-12-18/h4-12,14-15,19H,3,13H2,1-2H3,(H2,25,29). The average molecular weight is 417 g/mol. The molecule has 1 unspecified atom stereocenters. The van der Waals surface area contributed by atoms with E-state index >= 15 is 0 Å². The van der Waals surface area contributed by atoms with Gasteiger partial charge in [0.25, 0.3) is 0 Å². The third kappa shape index (κ3) is 4.04. The average Bonchev–Trinajstić information content (AvgIpc) is 3.40. The maximum atomic E-state index is 11.8. The molecule has 0 saturated carbocycles. The Labute approximate surface area is 180 Å². The number of carbonyl (C=O) groups excluding carboxylic acids is 1. The van der Waals surface area contributed by atoms with E-state index in [0.29, 0.717) is 0 Å². The monoisotopic (exact) mass is 416 g/mol. The molecule has 0 aliphatic heterocycles. The summed E-state index contributed by atoms with van der Waals surface area (Å²) in [4.78, 5) is 16.6. The molecular weight excluding hydrogens is 392 g/mol. The fraction of sp³-hybridized carbons (Fsp3) is 0.208. The van der Waals surface area contributed by atoms with Crippen LogP contribution in [0.2, 0.25) is 0 Å². The number of aromatic nitrogens is 3. The van der Waals surface area contributed by atoms with Crippen molar-refractivity contribution in [2.24, 2.45) is 5.73 Å². The first kappa shape index (κ1) is 20.0. The fourth-order valence-electron chi connectivity index (χ4n) is 3.71. The second kappa shape index (κ2) is 8.63. The maximum absolute atomic E-state index is 11.8. The molecular formula is C24H24N4OS. The van der Waals surface area contributed by atoms with E-state index in [1.54, 1.807) is 11.3 Å². The summed E-state index contributed by atoms with van der Waals surface area (Å²) in [6.45, 7) is 4.17. The van der Waals surface area contributed by atoms with Gasteiger partial charge in [-0.15, -0.1) is 11.3 Å². The SMILES string of the molecule is CCc1c(C(CC(N)=O)c2ccccc2)cnn1-c1nc(-c2ccc(C)cc2)cs1. The normalized spacial score (nSPS) is 12.1. The molecule has 30 heavy (non-hydrogen) atoms. The van der Waals surface area contributed by atoms with Crippen molar-refractivity contribution in [3.63, 3.8) is 0 Å². The van der Waals surface area contributed by atoms with Gasteiger partial charge >= 0.3 is 0 Å². The van der Waals surface area contributed by atoms with Crippen LogP contribution in [0.5, 0.6) is 0 Å². The zero-order valence-corrected chi connectivity index (χ0v) is 17.9. The van der Waals surface area contributed by atoms with E-state index in [0.717, 1.165) is 39.6 Å². The summed E-state index contributed by atoms with van der Waals surface area (Å²) in [6, 6.07) is 18.3.